The number of phenols is 1. The molecule has 2 nitrogen and oxygen atoms in total. The van der Waals surface area contributed by atoms with E-state index in [1.165, 1.54) is 0 Å². The van der Waals surface area contributed by atoms with E-state index in [1.807, 2.05) is 42.5 Å². The molecule has 0 saturated heterocycles. The normalized spacial score (nSPS) is 10.1. The summed E-state index contributed by atoms with van der Waals surface area (Å²) < 4.78 is 1.14. The van der Waals surface area contributed by atoms with Crippen LogP contribution in [-0.2, 0) is 0 Å². The second-order valence-electron chi connectivity index (χ2n) is 3.50. The number of aromatic hydroxyl groups is 1. The first-order chi connectivity index (χ1) is 7.84. The second kappa shape index (κ2) is 5.31. The summed E-state index contributed by atoms with van der Waals surface area (Å²) in [6, 6.07) is 15.3. The standard InChI is InChI=1S/C13H9NOS.La/c15-11-7-3-1-5-9(11)13-14-10-6-2-4-8-12(10)16-13;/h1-8,15H;. The number of para-hydroxylation sites is 2. The molecule has 3 rings (SSSR count). The predicted octanol–water partition coefficient (Wildman–Crippen LogP) is 3.67. The Morgan fingerprint density at radius 3 is 2.41 bits per heavy atom. The Balaban J connectivity index is 0.00000108. The van der Waals surface area contributed by atoms with E-state index in [-0.39, 0.29) is 41.3 Å². The summed E-state index contributed by atoms with van der Waals surface area (Å²) in [7, 11) is 0. The average molecular weight is 366 g/mol. The monoisotopic (exact) mass is 366 g/mol. The Morgan fingerprint density at radius 1 is 0.941 bits per heavy atom. The zero-order valence-electron chi connectivity index (χ0n) is 9.00. The number of rotatable bonds is 1. The SMILES string of the molecule is Oc1ccccc1-c1nc2ccccc2s1.[La]. The molecule has 3 aromatic rings. The van der Waals surface area contributed by atoms with Gasteiger partial charge in [-0.05, 0) is 24.3 Å². The van der Waals surface area contributed by atoms with Crippen molar-refractivity contribution in [3.05, 3.63) is 48.5 Å². The molecule has 0 aliphatic heterocycles. The first-order valence-electron chi connectivity index (χ1n) is 4.98. The maximum absolute atomic E-state index is 9.76. The molecule has 0 saturated carbocycles. The molecule has 1 heterocycles. The van der Waals surface area contributed by atoms with Crippen LogP contribution in [0.3, 0.4) is 0 Å². The molecule has 0 amide bonds. The molecule has 1 radical (unpaired) electrons. The van der Waals surface area contributed by atoms with Gasteiger partial charge in [-0.15, -0.1) is 11.3 Å². The average Bonchev–Trinajstić information content (AvgIpc) is 2.73. The molecular weight excluding hydrogens is 357 g/mol. The van der Waals surface area contributed by atoms with Gasteiger partial charge in [0.2, 0.25) is 0 Å². The number of fused-ring (bicyclic) bond motifs is 1. The Bertz CT molecular complexity index is 617. The van der Waals surface area contributed by atoms with Crippen LogP contribution < -0.4 is 0 Å². The van der Waals surface area contributed by atoms with E-state index in [0.717, 1.165) is 20.8 Å². The molecule has 17 heavy (non-hydrogen) atoms. The van der Waals surface area contributed by atoms with Crippen LogP contribution in [0.4, 0.5) is 0 Å². The molecule has 0 fully saturated rings. The topological polar surface area (TPSA) is 33.1 Å². The van der Waals surface area contributed by atoms with Gasteiger partial charge in [0.25, 0.3) is 0 Å². The minimum absolute atomic E-state index is 0. The van der Waals surface area contributed by atoms with Gasteiger partial charge < -0.3 is 5.11 Å². The van der Waals surface area contributed by atoms with Crippen LogP contribution in [0.15, 0.2) is 48.5 Å². The fourth-order valence-corrected chi connectivity index (χ4v) is 2.64. The Kier molecular flexibility index (Phi) is 3.99. The quantitative estimate of drug-likeness (QED) is 0.713. The molecule has 1 aromatic heterocycles. The number of nitrogens with zero attached hydrogens (tertiary/aromatic N) is 1. The van der Waals surface area contributed by atoms with Crippen LogP contribution in [0.25, 0.3) is 20.8 Å². The summed E-state index contributed by atoms with van der Waals surface area (Å²) in [4.78, 5) is 4.50. The third-order valence-electron chi connectivity index (χ3n) is 2.43. The Labute approximate surface area is 131 Å². The van der Waals surface area contributed by atoms with E-state index in [1.54, 1.807) is 17.4 Å². The zero-order valence-corrected chi connectivity index (χ0v) is 13.4. The summed E-state index contributed by atoms with van der Waals surface area (Å²) in [6.07, 6.45) is 0. The molecule has 0 aliphatic rings. The van der Waals surface area contributed by atoms with Gasteiger partial charge >= 0.3 is 0 Å². The van der Waals surface area contributed by atoms with Crippen molar-refractivity contribution < 1.29 is 40.7 Å². The van der Waals surface area contributed by atoms with E-state index < -0.39 is 0 Å². The van der Waals surface area contributed by atoms with Gasteiger partial charge in [-0.1, -0.05) is 24.3 Å². The molecule has 0 unspecified atom stereocenters. The van der Waals surface area contributed by atoms with Gasteiger partial charge in [-0.2, -0.15) is 0 Å². The van der Waals surface area contributed by atoms with Crippen molar-refractivity contribution in [1.82, 2.24) is 4.98 Å². The van der Waals surface area contributed by atoms with E-state index >= 15 is 0 Å². The number of aromatic nitrogens is 1. The number of hydrogen-bond donors (Lipinski definition) is 1. The maximum Gasteiger partial charge on any atom is 0.128 e. The number of benzene rings is 2. The van der Waals surface area contributed by atoms with E-state index in [0.29, 0.717) is 0 Å². The van der Waals surface area contributed by atoms with Gasteiger partial charge in [-0.3, -0.25) is 0 Å². The van der Waals surface area contributed by atoms with Gasteiger partial charge in [0.05, 0.1) is 15.8 Å². The molecule has 1 N–H and O–H groups in total. The number of phenolic OH excluding ortho intramolecular Hbond substituents is 1. The van der Waals surface area contributed by atoms with E-state index in [9.17, 15) is 5.11 Å². The summed E-state index contributed by atoms with van der Waals surface area (Å²) >= 11 is 1.59. The van der Waals surface area contributed by atoms with Crippen molar-refractivity contribution >= 4 is 21.6 Å². The fourth-order valence-electron chi connectivity index (χ4n) is 1.64. The number of hydrogen-bond acceptors (Lipinski definition) is 3. The molecule has 2 aromatic carbocycles. The van der Waals surface area contributed by atoms with Crippen LogP contribution in [0.5, 0.6) is 5.75 Å². The zero-order chi connectivity index (χ0) is 11.0. The second-order valence-corrected chi connectivity index (χ2v) is 4.53. The minimum Gasteiger partial charge on any atom is -0.507 e. The maximum atomic E-state index is 9.76. The van der Waals surface area contributed by atoms with Crippen molar-refractivity contribution in [3.63, 3.8) is 0 Å². The van der Waals surface area contributed by atoms with Crippen LogP contribution in [0, 0.1) is 35.6 Å². The van der Waals surface area contributed by atoms with Gasteiger partial charge in [0, 0.05) is 35.6 Å². The van der Waals surface area contributed by atoms with Crippen LogP contribution in [0.2, 0.25) is 0 Å². The van der Waals surface area contributed by atoms with Gasteiger partial charge in [0.1, 0.15) is 10.8 Å². The number of thiazole rings is 1. The van der Waals surface area contributed by atoms with E-state index in [4.69, 9.17) is 0 Å². The van der Waals surface area contributed by atoms with Crippen molar-refractivity contribution in [2.75, 3.05) is 0 Å². The summed E-state index contributed by atoms with van der Waals surface area (Å²) in [6.45, 7) is 0. The van der Waals surface area contributed by atoms with Crippen LogP contribution >= 0.6 is 11.3 Å². The largest absolute Gasteiger partial charge is 0.507 e. The smallest absolute Gasteiger partial charge is 0.128 e. The Morgan fingerprint density at radius 2 is 1.65 bits per heavy atom. The predicted molar refractivity (Wildman–Crippen MR) is 66.7 cm³/mol. The molecule has 0 spiro atoms. The van der Waals surface area contributed by atoms with Gasteiger partial charge in [0.15, 0.2) is 0 Å². The van der Waals surface area contributed by atoms with E-state index in [2.05, 4.69) is 4.98 Å². The fraction of sp³-hybridized carbons (Fsp3) is 0. The van der Waals surface area contributed by atoms with Crippen LogP contribution in [-0.4, -0.2) is 10.1 Å². The first-order valence-corrected chi connectivity index (χ1v) is 5.80. The Hall–Kier alpha value is -0.675. The molecular formula is C13H9LaNOS. The minimum atomic E-state index is 0. The van der Waals surface area contributed by atoms with Crippen molar-refractivity contribution in [3.8, 4) is 16.3 Å². The van der Waals surface area contributed by atoms with Crippen molar-refractivity contribution in [1.29, 1.82) is 0 Å². The van der Waals surface area contributed by atoms with Crippen molar-refractivity contribution in [2.45, 2.75) is 0 Å². The van der Waals surface area contributed by atoms with Crippen LogP contribution in [0.1, 0.15) is 0 Å². The van der Waals surface area contributed by atoms with Gasteiger partial charge in [-0.25, -0.2) is 4.98 Å². The molecule has 81 valence electrons. The molecule has 4 heteroatoms. The molecule has 0 bridgehead atoms. The molecule has 0 atom stereocenters. The third kappa shape index (κ3) is 2.45. The van der Waals surface area contributed by atoms with Crippen molar-refractivity contribution in [2.24, 2.45) is 0 Å². The summed E-state index contributed by atoms with van der Waals surface area (Å²) in [5.41, 5.74) is 1.77. The molecule has 0 aliphatic carbocycles. The third-order valence-corrected chi connectivity index (χ3v) is 3.50. The first kappa shape index (κ1) is 12.8. The summed E-state index contributed by atoms with van der Waals surface area (Å²) in [5.74, 6) is 0.279. The summed E-state index contributed by atoms with van der Waals surface area (Å²) in [5, 5.41) is 10.6.